The fourth-order valence-electron chi connectivity index (χ4n) is 3.75. The van der Waals surface area contributed by atoms with Gasteiger partial charge in [0.25, 0.3) is 0 Å². The van der Waals surface area contributed by atoms with Crippen LogP contribution in [0.1, 0.15) is 33.4 Å². The Kier molecular flexibility index (Phi) is 3.85. The van der Waals surface area contributed by atoms with Crippen LogP contribution in [0.25, 0.3) is 17.1 Å². The molecule has 0 aliphatic rings. The van der Waals surface area contributed by atoms with E-state index < -0.39 is 0 Å². The van der Waals surface area contributed by atoms with E-state index in [-0.39, 0.29) is 0 Å². The van der Waals surface area contributed by atoms with Gasteiger partial charge in [0, 0.05) is 18.0 Å². The molecule has 2 aromatic carbocycles. The molecule has 3 rings (SSSR count). The van der Waals surface area contributed by atoms with Crippen molar-refractivity contribution in [2.24, 2.45) is 0 Å². The molecule has 2 heteroatoms. The number of rotatable bonds is 2. The Morgan fingerprint density at radius 1 is 0.696 bits per heavy atom. The Bertz CT molecular complexity index is 767. The lowest BCUT2D eigenvalue weighted by Crippen LogP contribution is -2.04. The standard InChI is InChI=1S/C21H24N2/c1-13-9-15(3)19(16(4)10-13)21-22-7-8-23(21)20-17(5)11-14(2)12-18(20)6/h7-12H,1-6H3. The molecule has 0 aliphatic heterocycles. The Morgan fingerprint density at radius 3 is 1.70 bits per heavy atom. The van der Waals surface area contributed by atoms with E-state index in [0.29, 0.717) is 0 Å². The molecule has 118 valence electrons. The van der Waals surface area contributed by atoms with Crippen LogP contribution in [0.4, 0.5) is 0 Å². The van der Waals surface area contributed by atoms with Crippen molar-refractivity contribution in [1.82, 2.24) is 9.55 Å². The largest absolute Gasteiger partial charge is 0.299 e. The first-order valence-corrected chi connectivity index (χ1v) is 8.08. The predicted molar refractivity (Wildman–Crippen MR) is 97.4 cm³/mol. The van der Waals surface area contributed by atoms with Gasteiger partial charge in [-0.25, -0.2) is 4.98 Å². The van der Waals surface area contributed by atoms with Crippen molar-refractivity contribution in [3.8, 4) is 17.1 Å². The number of hydrogen-bond acceptors (Lipinski definition) is 1. The first-order valence-electron chi connectivity index (χ1n) is 8.08. The molecule has 3 aromatic rings. The van der Waals surface area contributed by atoms with E-state index in [2.05, 4.69) is 81.6 Å². The molecule has 0 radical (unpaired) electrons. The predicted octanol–water partition coefficient (Wildman–Crippen LogP) is 5.39. The normalized spacial score (nSPS) is 11.0. The smallest absolute Gasteiger partial charge is 0.144 e. The van der Waals surface area contributed by atoms with E-state index in [1.54, 1.807) is 0 Å². The maximum Gasteiger partial charge on any atom is 0.144 e. The minimum absolute atomic E-state index is 1.02. The van der Waals surface area contributed by atoms with Crippen LogP contribution in [0.3, 0.4) is 0 Å². The summed E-state index contributed by atoms with van der Waals surface area (Å²) in [6, 6.07) is 8.94. The zero-order chi connectivity index (χ0) is 16.7. The zero-order valence-corrected chi connectivity index (χ0v) is 14.9. The lowest BCUT2D eigenvalue weighted by atomic mass is 9.98. The van der Waals surface area contributed by atoms with Crippen molar-refractivity contribution < 1.29 is 0 Å². The first-order chi connectivity index (χ1) is 10.9. The molecule has 0 unspecified atom stereocenters. The van der Waals surface area contributed by atoms with Crippen molar-refractivity contribution in [3.05, 3.63) is 70.0 Å². The molecule has 1 heterocycles. The third kappa shape index (κ3) is 2.70. The fourth-order valence-corrected chi connectivity index (χ4v) is 3.75. The summed E-state index contributed by atoms with van der Waals surface area (Å²) in [5.41, 5.74) is 10.2. The number of aromatic nitrogens is 2. The second kappa shape index (κ2) is 5.69. The highest BCUT2D eigenvalue weighted by atomic mass is 15.1. The van der Waals surface area contributed by atoms with E-state index in [1.807, 2.05) is 6.20 Å². The molecule has 0 bridgehead atoms. The van der Waals surface area contributed by atoms with Crippen LogP contribution >= 0.6 is 0 Å². The van der Waals surface area contributed by atoms with Gasteiger partial charge < -0.3 is 0 Å². The first kappa shape index (κ1) is 15.5. The molecule has 0 atom stereocenters. The molecule has 0 saturated carbocycles. The molecule has 0 spiro atoms. The lowest BCUT2D eigenvalue weighted by molar-refractivity contribution is 1.02. The quantitative estimate of drug-likeness (QED) is 0.620. The highest BCUT2D eigenvalue weighted by Gasteiger charge is 2.16. The van der Waals surface area contributed by atoms with Gasteiger partial charge in [-0.15, -0.1) is 0 Å². The van der Waals surface area contributed by atoms with Crippen molar-refractivity contribution in [2.45, 2.75) is 41.5 Å². The summed E-state index contributed by atoms with van der Waals surface area (Å²) >= 11 is 0. The summed E-state index contributed by atoms with van der Waals surface area (Å²) in [6.45, 7) is 13.0. The van der Waals surface area contributed by atoms with Crippen molar-refractivity contribution in [2.75, 3.05) is 0 Å². The number of hydrogen-bond donors (Lipinski definition) is 0. The Balaban J connectivity index is 2.27. The fraction of sp³-hybridized carbons (Fsp3) is 0.286. The summed E-state index contributed by atoms with van der Waals surface area (Å²) in [5, 5.41) is 0. The molecule has 0 fully saturated rings. The van der Waals surface area contributed by atoms with E-state index in [4.69, 9.17) is 0 Å². The molecule has 0 N–H and O–H groups in total. The van der Waals surface area contributed by atoms with Gasteiger partial charge in [-0.3, -0.25) is 4.57 Å². The highest BCUT2D eigenvalue weighted by Crippen LogP contribution is 2.31. The van der Waals surface area contributed by atoms with E-state index in [0.717, 1.165) is 5.82 Å². The van der Waals surface area contributed by atoms with Crippen LogP contribution in [0.15, 0.2) is 36.7 Å². The van der Waals surface area contributed by atoms with Crippen molar-refractivity contribution >= 4 is 0 Å². The minimum atomic E-state index is 1.02. The number of aryl methyl sites for hydroxylation is 6. The molecule has 0 saturated heterocycles. The van der Waals surface area contributed by atoms with Gasteiger partial charge in [0.2, 0.25) is 0 Å². The summed E-state index contributed by atoms with van der Waals surface area (Å²) in [4.78, 5) is 4.68. The van der Waals surface area contributed by atoms with Gasteiger partial charge in [0.1, 0.15) is 5.82 Å². The molecular weight excluding hydrogens is 280 g/mol. The monoisotopic (exact) mass is 304 g/mol. The Labute approximate surface area is 138 Å². The van der Waals surface area contributed by atoms with Crippen LogP contribution < -0.4 is 0 Å². The van der Waals surface area contributed by atoms with Crippen LogP contribution in [0, 0.1) is 41.5 Å². The van der Waals surface area contributed by atoms with Crippen LogP contribution in [0.2, 0.25) is 0 Å². The third-order valence-electron chi connectivity index (χ3n) is 4.42. The second-order valence-electron chi connectivity index (χ2n) is 6.64. The van der Waals surface area contributed by atoms with E-state index in [9.17, 15) is 0 Å². The highest BCUT2D eigenvalue weighted by molar-refractivity contribution is 5.68. The Morgan fingerprint density at radius 2 is 1.17 bits per heavy atom. The van der Waals surface area contributed by atoms with E-state index in [1.165, 1.54) is 44.6 Å². The molecule has 2 nitrogen and oxygen atoms in total. The topological polar surface area (TPSA) is 17.8 Å². The van der Waals surface area contributed by atoms with Gasteiger partial charge >= 0.3 is 0 Å². The van der Waals surface area contributed by atoms with Gasteiger partial charge in [-0.1, -0.05) is 35.4 Å². The van der Waals surface area contributed by atoms with Crippen LogP contribution in [-0.2, 0) is 0 Å². The van der Waals surface area contributed by atoms with Gasteiger partial charge in [0.15, 0.2) is 0 Å². The Hall–Kier alpha value is -2.35. The molecule has 23 heavy (non-hydrogen) atoms. The lowest BCUT2D eigenvalue weighted by Gasteiger charge is -2.17. The average Bonchev–Trinajstić information content (AvgIpc) is 2.85. The van der Waals surface area contributed by atoms with Crippen LogP contribution in [-0.4, -0.2) is 9.55 Å². The third-order valence-corrected chi connectivity index (χ3v) is 4.42. The molecule has 0 amide bonds. The second-order valence-corrected chi connectivity index (χ2v) is 6.64. The van der Waals surface area contributed by atoms with E-state index >= 15 is 0 Å². The van der Waals surface area contributed by atoms with Gasteiger partial charge in [0.05, 0.1) is 5.69 Å². The summed E-state index contributed by atoms with van der Waals surface area (Å²) < 4.78 is 2.23. The number of benzene rings is 2. The SMILES string of the molecule is Cc1cc(C)c(-c2nccn2-c2c(C)cc(C)cc2C)c(C)c1. The van der Waals surface area contributed by atoms with Gasteiger partial charge in [-0.2, -0.15) is 0 Å². The minimum Gasteiger partial charge on any atom is -0.299 e. The molecule has 0 aliphatic carbocycles. The maximum absolute atomic E-state index is 4.68. The number of nitrogens with zero attached hydrogens (tertiary/aromatic N) is 2. The summed E-state index contributed by atoms with van der Waals surface area (Å²) in [5.74, 6) is 1.02. The van der Waals surface area contributed by atoms with Crippen LogP contribution in [0.5, 0.6) is 0 Å². The molecular formula is C21H24N2. The average molecular weight is 304 g/mol. The zero-order valence-electron chi connectivity index (χ0n) is 14.9. The maximum atomic E-state index is 4.68. The number of imidazole rings is 1. The summed E-state index contributed by atoms with van der Waals surface area (Å²) in [7, 11) is 0. The van der Waals surface area contributed by atoms with Crippen molar-refractivity contribution in [3.63, 3.8) is 0 Å². The van der Waals surface area contributed by atoms with Gasteiger partial charge in [-0.05, 0) is 63.8 Å². The van der Waals surface area contributed by atoms with Crippen molar-refractivity contribution in [1.29, 1.82) is 0 Å². The summed E-state index contributed by atoms with van der Waals surface area (Å²) in [6.07, 6.45) is 3.96. The molecule has 1 aromatic heterocycles.